The highest BCUT2D eigenvalue weighted by Crippen LogP contribution is 2.29. The van der Waals surface area contributed by atoms with Gasteiger partial charge >= 0.3 is 0 Å². The normalized spacial score (nSPS) is 11.8. The lowest BCUT2D eigenvalue weighted by Gasteiger charge is -2.22. The average Bonchev–Trinajstić information content (AvgIpc) is 2.86. The second-order valence-corrected chi connectivity index (χ2v) is 8.86. The third kappa shape index (κ3) is 5.05. The van der Waals surface area contributed by atoms with E-state index in [0.29, 0.717) is 40.8 Å². The monoisotopic (exact) mass is 482 g/mol. The molecule has 0 aliphatic rings. The van der Waals surface area contributed by atoms with Crippen molar-refractivity contribution >= 4 is 34.2 Å². The van der Waals surface area contributed by atoms with Crippen LogP contribution in [0.5, 0.6) is 0 Å². The van der Waals surface area contributed by atoms with E-state index in [1.807, 2.05) is 75.4 Å². The first-order chi connectivity index (χ1) is 17.3. The Labute approximate surface area is 210 Å². The van der Waals surface area contributed by atoms with Crippen molar-refractivity contribution in [2.75, 3.05) is 10.6 Å². The van der Waals surface area contributed by atoms with E-state index in [2.05, 4.69) is 10.6 Å². The summed E-state index contributed by atoms with van der Waals surface area (Å²) in [4.78, 5) is 44.4. The van der Waals surface area contributed by atoms with Crippen LogP contribution in [0.2, 0.25) is 0 Å². The number of fused-ring (bicyclic) bond motifs is 1. The number of rotatable bonds is 7. The molecule has 0 radical (unpaired) electrons. The molecule has 7 nitrogen and oxygen atoms in total. The molecule has 3 aromatic carbocycles. The van der Waals surface area contributed by atoms with Gasteiger partial charge in [-0.15, -0.1) is 0 Å². The number of benzene rings is 3. The maximum Gasteiger partial charge on any atom is 0.278 e. The Bertz CT molecular complexity index is 1510. The van der Waals surface area contributed by atoms with Gasteiger partial charge < -0.3 is 10.6 Å². The summed E-state index contributed by atoms with van der Waals surface area (Å²) in [5.41, 5.74) is 4.61. The molecule has 2 N–H and O–H groups in total. The quantitative estimate of drug-likeness (QED) is 0.358. The lowest BCUT2D eigenvalue weighted by molar-refractivity contribution is -0.119. The minimum Gasteiger partial charge on any atom is -0.325 e. The molecule has 4 aromatic rings. The fourth-order valence-electron chi connectivity index (χ4n) is 4.27. The second-order valence-electron chi connectivity index (χ2n) is 8.86. The highest BCUT2D eigenvalue weighted by molar-refractivity contribution is 5.97. The van der Waals surface area contributed by atoms with Crippen LogP contribution in [-0.4, -0.2) is 21.4 Å². The number of carbonyl (C=O) groups is 2. The van der Waals surface area contributed by atoms with E-state index >= 15 is 0 Å². The standard InChI is InChI=1S/C29H30N4O3/c1-5-24(28(35)30-20-11-9-10-18(3)16-20)33-25-13-8-7-12-23(25)32-27(29(33)36)21-17-19(4)14-15-22(21)31-26(34)6-2/h7-17,24H,5-6H2,1-4H3,(H,30,35)(H,31,34). The summed E-state index contributed by atoms with van der Waals surface area (Å²) < 4.78 is 1.52. The van der Waals surface area contributed by atoms with E-state index in [1.165, 1.54) is 4.57 Å². The number of nitrogens with one attached hydrogen (secondary N) is 2. The molecule has 7 heteroatoms. The van der Waals surface area contributed by atoms with Crippen LogP contribution in [0.15, 0.2) is 71.5 Å². The minimum absolute atomic E-state index is 0.162. The minimum atomic E-state index is -0.761. The summed E-state index contributed by atoms with van der Waals surface area (Å²) in [6.07, 6.45) is 0.706. The Morgan fingerprint density at radius 2 is 1.67 bits per heavy atom. The third-order valence-corrected chi connectivity index (χ3v) is 6.11. The van der Waals surface area contributed by atoms with Crippen molar-refractivity contribution in [2.24, 2.45) is 0 Å². The van der Waals surface area contributed by atoms with Crippen molar-refractivity contribution in [3.8, 4) is 11.3 Å². The van der Waals surface area contributed by atoms with E-state index in [0.717, 1.165) is 11.1 Å². The molecular formula is C29H30N4O3. The average molecular weight is 483 g/mol. The number of hydrogen-bond acceptors (Lipinski definition) is 4. The molecule has 0 bridgehead atoms. The summed E-state index contributed by atoms with van der Waals surface area (Å²) >= 11 is 0. The van der Waals surface area contributed by atoms with E-state index < -0.39 is 11.6 Å². The lowest BCUT2D eigenvalue weighted by Crippen LogP contribution is -2.34. The van der Waals surface area contributed by atoms with Crippen molar-refractivity contribution in [1.29, 1.82) is 0 Å². The van der Waals surface area contributed by atoms with Crippen molar-refractivity contribution in [2.45, 2.75) is 46.6 Å². The Kier molecular flexibility index (Phi) is 7.29. The Hall–Kier alpha value is -4.26. The van der Waals surface area contributed by atoms with Crippen molar-refractivity contribution < 1.29 is 9.59 Å². The Morgan fingerprint density at radius 3 is 2.39 bits per heavy atom. The van der Waals surface area contributed by atoms with Crippen molar-refractivity contribution in [1.82, 2.24) is 9.55 Å². The van der Waals surface area contributed by atoms with Gasteiger partial charge in [0.05, 0.1) is 16.7 Å². The number of nitrogens with zero attached hydrogens (tertiary/aromatic N) is 2. The second kappa shape index (κ2) is 10.6. The SMILES string of the molecule is CCC(=O)Nc1ccc(C)cc1-c1nc2ccccc2n(C(CC)C(=O)Nc2cccc(C)c2)c1=O. The van der Waals surface area contributed by atoms with Gasteiger partial charge in [-0.1, -0.05) is 49.7 Å². The number of amides is 2. The third-order valence-electron chi connectivity index (χ3n) is 6.11. The largest absolute Gasteiger partial charge is 0.325 e. The lowest BCUT2D eigenvalue weighted by atomic mass is 10.0. The zero-order chi connectivity index (χ0) is 25.8. The van der Waals surface area contributed by atoms with Gasteiger partial charge in [0.25, 0.3) is 5.56 Å². The van der Waals surface area contributed by atoms with Crippen LogP contribution in [0.1, 0.15) is 43.9 Å². The highest BCUT2D eigenvalue weighted by atomic mass is 16.2. The van der Waals surface area contributed by atoms with Gasteiger partial charge in [-0.05, 0) is 62.2 Å². The predicted octanol–water partition coefficient (Wildman–Crippen LogP) is 5.62. The van der Waals surface area contributed by atoms with Gasteiger partial charge in [0, 0.05) is 17.7 Å². The maximum absolute atomic E-state index is 14.0. The van der Waals surface area contributed by atoms with Crippen molar-refractivity contribution in [3.63, 3.8) is 0 Å². The van der Waals surface area contributed by atoms with Crippen LogP contribution in [0.25, 0.3) is 22.3 Å². The molecule has 0 aliphatic heterocycles. The first kappa shape index (κ1) is 24.9. The fourth-order valence-corrected chi connectivity index (χ4v) is 4.27. The molecule has 184 valence electrons. The number of carbonyl (C=O) groups excluding carboxylic acids is 2. The summed E-state index contributed by atoms with van der Waals surface area (Å²) in [5.74, 6) is -0.443. The topological polar surface area (TPSA) is 93.1 Å². The number of para-hydroxylation sites is 2. The van der Waals surface area contributed by atoms with Crippen LogP contribution in [0, 0.1) is 13.8 Å². The molecule has 0 spiro atoms. The zero-order valence-electron chi connectivity index (χ0n) is 21.0. The summed E-state index contributed by atoms with van der Waals surface area (Å²) in [6.45, 7) is 7.51. The van der Waals surface area contributed by atoms with E-state index in [1.54, 1.807) is 19.1 Å². The zero-order valence-corrected chi connectivity index (χ0v) is 21.0. The summed E-state index contributed by atoms with van der Waals surface area (Å²) in [6, 6.07) is 19.6. The molecule has 0 saturated carbocycles. The number of aryl methyl sites for hydroxylation is 2. The molecule has 1 heterocycles. The smallest absolute Gasteiger partial charge is 0.278 e. The Balaban J connectivity index is 1.90. The molecule has 0 aliphatic carbocycles. The van der Waals surface area contributed by atoms with Gasteiger partial charge in [0.1, 0.15) is 11.7 Å². The van der Waals surface area contributed by atoms with E-state index in [4.69, 9.17) is 4.98 Å². The van der Waals surface area contributed by atoms with E-state index in [9.17, 15) is 14.4 Å². The molecule has 1 unspecified atom stereocenters. The van der Waals surface area contributed by atoms with Crippen LogP contribution >= 0.6 is 0 Å². The van der Waals surface area contributed by atoms with Crippen molar-refractivity contribution in [3.05, 3.63) is 88.2 Å². The van der Waals surface area contributed by atoms with Gasteiger partial charge in [-0.25, -0.2) is 4.98 Å². The maximum atomic E-state index is 14.0. The van der Waals surface area contributed by atoms with Gasteiger partial charge in [0.15, 0.2) is 0 Å². The van der Waals surface area contributed by atoms with E-state index in [-0.39, 0.29) is 17.5 Å². The Morgan fingerprint density at radius 1 is 0.917 bits per heavy atom. The molecule has 4 rings (SSSR count). The van der Waals surface area contributed by atoms with Crippen LogP contribution in [-0.2, 0) is 9.59 Å². The first-order valence-electron chi connectivity index (χ1n) is 12.1. The van der Waals surface area contributed by atoms with Gasteiger partial charge in [-0.3, -0.25) is 19.0 Å². The predicted molar refractivity (Wildman–Crippen MR) is 144 cm³/mol. The van der Waals surface area contributed by atoms with Crippen LogP contribution in [0.3, 0.4) is 0 Å². The summed E-state index contributed by atoms with van der Waals surface area (Å²) in [5, 5.41) is 5.84. The molecule has 36 heavy (non-hydrogen) atoms. The summed E-state index contributed by atoms with van der Waals surface area (Å²) in [7, 11) is 0. The number of aromatic nitrogens is 2. The van der Waals surface area contributed by atoms with Gasteiger partial charge in [-0.2, -0.15) is 0 Å². The number of anilines is 2. The van der Waals surface area contributed by atoms with Crippen LogP contribution < -0.4 is 16.2 Å². The molecule has 1 aromatic heterocycles. The molecule has 0 saturated heterocycles. The fraction of sp³-hybridized carbons (Fsp3) is 0.241. The molecule has 0 fully saturated rings. The first-order valence-corrected chi connectivity index (χ1v) is 12.1. The highest BCUT2D eigenvalue weighted by Gasteiger charge is 2.25. The van der Waals surface area contributed by atoms with Gasteiger partial charge in [0.2, 0.25) is 11.8 Å². The molecule has 2 amide bonds. The van der Waals surface area contributed by atoms with Crippen LogP contribution in [0.4, 0.5) is 11.4 Å². The number of hydrogen-bond donors (Lipinski definition) is 2. The molecule has 1 atom stereocenters. The molecular weight excluding hydrogens is 452 g/mol.